The summed E-state index contributed by atoms with van der Waals surface area (Å²) in [7, 11) is 0. The molecule has 3 aromatic rings. The van der Waals surface area contributed by atoms with Gasteiger partial charge in [-0.3, -0.25) is 0 Å². The van der Waals surface area contributed by atoms with E-state index in [4.69, 9.17) is 14.5 Å². The molecule has 0 amide bonds. The van der Waals surface area contributed by atoms with Crippen molar-refractivity contribution >= 4 is 11.3 Å². The predicted octanol–water partition coefficient (Wildman–Crippen LogP) is 4.68. The molecule has 2 heterocycles. The number of rotatable bonds is 4. The van der Waals surface area contributed by atoms with Crippen molar-refractivity contribution < 1.29 is 9.47 Å². The van der Waals surface area contributed by atoms with E-state index in [0.717, 1.165) is 15.6 Å². The van der Waals surface area contributed by atoms with E-state index in [-0.39, 0.29) is 12.2 Å². The Morgan fingerprint density at radius 3 is 2.00 bits per heavy atom. The Bertz CT molecular complexity index is 756. The lowest BCUT2D eigenvalue weighted by Crippen LogP contribution is -2.02. The van der Waals surface area contributed by atoms with Gasteiger partial charge < -0.3 is 9.47 Å². The number of nitrogens with zero attached hydrogens (tertiary/aromatic N) is 1. The van der Waals surface area contributed by atoms with Gasteiger partial charge in [-0.1, -0.05) is 60.7 Å². The van der Waals surface area contributed by atoms with Crippen molar-refractivity contribution in [3.8, 4) is 0 Å². The minimum atomic E-state index is -0.261. The molecule has 0 unspecified atom stereocenters. The Hall–Kier alpha value is -2.01. The zero-order chi connectivity index (χ0) is 16.4. The van der Waals surface area contributed by atoms with Crippen molar-refractivity contribution in [1.82, 2.24) is 4.98 Å². The molecule has 0 spiro atoms. The number of aromatic nitrogens is 1. The zero-order valence-electron chi connectivity index (χ0n) is 13.5. The topological polar surface area (TPSA) is 31.4 Å². The number of thiazole rings is 1. The van der Waals surface area contributed by atoms with Crippen LogP contribution in [0.15, 0.2) is 60.7 Å². The number of ether oxygens (including phenoxy) is 2. The molecule has 0 bridgehead atoms. The molecule has 1 fully saturated rings. The number of aryl methyl sites for hydroxylation is 1. The second kappa shape index (κ2) is 6.85. The summed E-state index contributed by atoms with van der Waals surface area (Å²) in [5.74, 6) is 0.131. The van der Waals surface area contributed by atoms with Gasteiger partial charge in [0.2, 0.25) is 0 Å². The number of hydrogen-bond acceptors (Lipinski definition) is 4. The van der Waals surface area contributed by atoms with Gasteiger partial charge in [0, 0.05) is 0 Å². The second-order valence-electron chi connectivity index (χ2n) is 5.83. The fourth-order valence-electron chi connectivity index (χ4n) is 3.05. The Kier molecular flexibility index (Phi) is 4.43. The van der Waals surface area contributed by atoms with Gasteiger partial charge in [-0.15, -0.1) is 11.3 Å². The van der Waals surface area contributed by atoms with Crippen LogP contribution in [0.1, 0.15) is 38.9 Å². The molecule has 0 radical (unpaired) electrons. The van der Waals surface area contributed by atoms with Crippen LogP contribution < -0.4 is 0 Å². The highest BCUT2D eigenvalue weighted by molar-refractivity contribution is 7.12. The van der Waals surface area contributed by atoms with E-state index in [1.807, 2.05) is 19.1 Å². The van der Waals surface area contributed by atoms with Crippen LogP contribution in [0.5, 0.6) is 0 Å². The van der Waals surface area contributed by atoms with Gasteiger partial charge in [0.1, 0.15) is 5.01 Å². The smallest absolute Gasteiger partial charge is 0.195 e. The SMILES string of the molecule is Cc1nc(C(c2ccccc2)c2ccccc2)sc1C1OCCO1. The molecular formula is C20H19NO2S. The third-order valence-corrected chi connectivity index (χ3v) is 5.44. The van der Waals surface area contributed by atoms with E-state index < -0.39 is 0 Å². The summed E-state index contributed by atoms with van der Waals surface area (Å²) in [6, 6.07) is 21.1. The van der Waals surface area contributed by atoms with E-state index in [0.29, 0.717) is 13.2 Å². The molecule has 3 nitrogen and oxygen atoms in total. The molecule has 4 heteroatoms. The van der Waals surface area contributed by atoms with Gasteiger partial charge in [0.05, 0.1) is 29.7 Å². The van der Waals surface area contributed by atoms with Crippen molar-refractivity contribution in [2.45, 2.75) is 19.1 Å². The van der Waals surface area contributed by atoms with Gasteiger partial charge in [-0.25, -0.2) is 4.98 Å². The summed E-state index contributed by atoms with van der Waals surface area (Å²) >= 11 is 1.69. The first-order valence-corrected chi connectivity index (χ1v) is 8.95. The van der Waals surface area contributed by atoms with Crippen molar-refractivity contribution in [3.63, 3.8) is 0 Å². The number of hydrogen-bond donors (Lipinski definition) is 0. The van der Waals surface area contributed by atoms with Gasteiger partial charge in [-0.2, -0.15) is 0 Å². The van der Waals surface area contributed by atoms with E-state index >= 15 is 0 Å². The highest BCUT2D eigenvalue weighted by Crippen LogP contribution is 2.39. The van der Waals surface area contributed by atoms with Gasteiger partial charge >= 0.3 is 0 Å². The standard InChI is InChI=1S/C20H19NO2S/c1-14-18(20-22-12-13-23-20)24-19(21-14)17(15-8-4-2-5-9-15)16-10-6-3-7-11-16/h2-11,17,20H,12-13H2,1H3. The summed E-state index contributed by atoms with van der Waals surface area (Å²) in [6.07, 6.45) is -0.261. The van der Waals surface area contributed by atoms with Crippen LogP contribution in [-0.2, 0) is 9.47 Å². The molecule has 1 saturated heterocycles. The van der Waals surface area contributed by atoms with E-state index in [1.165, 1.54) is 11.1 Å². The van der Waals surface area contributed by atoms with E-state index in [2.05, 4.69) is 48.5 Å². The summed E-state index contributed by atoms with van der Waals surface area (Å²) < 4.78 is 11.3. The fourth-order valence-corrected chi connectivity index (χ4v) is 4.27. The molecule has 2 aromatic carbocycles. The normalized spacial score (nSPS) is 15.2. The minimum absolute atomic E-state index is 0.131. The molecule has 0 saturated carbocycles. The first kappa shape index (κ1) is 15.5. The summed E-state index contributed by atoms with van der Waals surface area (Å²) in [5, 5.41) is 1.08. The maximum atomic E-state index is 5.67. The fraction of sp³-hybridized carbons (Fsp3) is 0.250. The lowest BCUT2D eigenvalue weighted by molar-refractivity contribution is -0.0418. The van der Waals surface area contributed by atoms with Crippen molar-refractivity contribution in [3.05, 3.63) is 87.4 Å². The van der Waals surface area contributed by atoms with Crippen molar-refractivity contribution in [1.29, 1.82) is 0 Å². The van der Waals surface area contributed by atoms with Gasteiger partial charge in [0.25, 0.3) is 0 Å². The molecular weight excluding hydrogens is 318 g/mol. The van der Waals surface area contributed by atoms with Crippen LogP contribution in [0, 0.1) is 6.92 Å². The van der Waals surface area contributed by atoms with Gasteiger partial charge in [0.15, 0.2) is 6.29 Å². The molecule has 1 aliphatic rings. The third-order valence-electron chi connectivity index (χ3n) is 4.20. The Morgan fingerprint density at radius 2 is 1.46 bits per heavy atom. The molecule has 0 aliphatic carbocycles. The average molecular weight is 337 g/mol. The molecule has 0 atom stereocenters. The largest absolute Gasteiger partial charge is 0.345 e. The van der Waals surface area contributed by atoms with Crippen molar-refractivity contribution in [2.24, 2.45) is 0 Å². The lowest BCUT2D eigenvalue weighted by Gasteiger charge is -2.15. The molecule has 1 aliphatic heterocycles. The molecule has 4 rings (SSSR count). The average Bonchev–Trinajstić information content (AvgIpc) is 3.27. The zero-order valence-corrected chi connectivity index (χ0v) is 14.3. The molecule has 0 N–H and O–H groups in total. The monoisotopic (exact) mass is 337 g/mol. The maximum Gasteiger partial charge on any atom is 0.195 e. The lowest BCUT2D eigenvalue weighted by atomic mass is 9.92. The van der Waals surface area contributed by atoms with Crippen LogP contribution in [0.2, 0.25) is 0 Å². The van der Waals surface area contributed by atoms with Crippen LogP contribution in [-0.4, -0.2) is 18.2 Å². The Balaban J connectivity index is 1.78. The van der Waals surface area contributed by atoms with Crippen LogP contribution in [0.25, 0.3) is 0 Å². The number of benzene rings is 2. The first-order chi connectivity index (χ1) is 11.8. The molecule has 24 heavy (non-hydrogen) atoms. The Labute approximate surface area is 145 Å². The first-order valence-electron chi connectivity index (χ1n) is 8.13. The summed E-state index contributed by atoms with van der Waals surface area (Å²) in [6.45, 7) is 3.34. The van der Waals surface area contributed by atoms with E-state index in [9.17, 15) is 0 Å². The minimum Gasteiger partial charge on any atom is -0.345 e. The highest BCUT2D eigenvalue weighted by Gasteiger charge is 2.27. The quantitative estimate of drug-likeness (QED) is 0.693. The Morgan fingerprint density at radius 1 is 0.917 bits per heavy atom. The summed E-state index contributed by atoms with van der Waals surface area (Å²) in [4.78, 5) is 5.95. The molecule has 122 valence electrons. The maximum absolute atomic E-state index is 5.67. The van der Waals surface area contributed by atoms with Crippen molar-refractivity contribution in [2.75, 3.05) is 13.2 Å². The van der Waals surface area contributed by atoms with E-state index in [1.54, 1.807) is 11.3 Å². The highest BCUT2D eigenvalue weighted by atomic mass is 32.1. The van der Waals surface area contributed by atoms with Crippen LogP contribution in [0.4, 0.5) is 0 Å². The predicted molar refractivity (Wildman–Crippen MR) is 95.3 cm³/mol. The summed E-state index contributed by atoms with van der Waals surface area (Å²) in [5.41, 5.74) is 3.49. The molecule has 1 aromatic heterocycles. The second-order valence-corrected chi connectivity index (χ2v) is 6.89. The third kappa shape index (κ3) is 3.00. The van der Waals surface area contributed by atoms with Crippen LogP contribution >= 0.6 is 11.3 Å². The van der Waals surface area contributed by atoms with Crippen LogP contribution in [0.3, 0.4) is 0 Å². The van der Waals surface area contributed by atoms with Gasteiger partial charge in [-0.05, 0) is 18.1 Å².